The SMILES string of the molecule is NC(=O)C(=O)C(Cc1cnoc1)NC(=O)c1cncn1-c1ccccn1. The highest BCUT2D eigenvalue weighted by Crippen LogP contribution is 2.10. The third kappa shape index (κ3) is 3.64. The van der Waals surface area contributed by atoms with Crippen LogP contribution in [0.25, 0.3) is 5.82 Å². The molecule has 132 valence electrons. The molecule has 0 bridgehead atoms. The average molecular weight is 354 g/mol. The highest BCUT2D eigenvalue weighted by Gasteiger charge is 2.27. The number of hydrogen-bond acceptors (Lipinski definition) is 7. The molecule has 0 saturated carbocycles. The predicted octanol–water partition coefficient (Wildman–Crippen LogP) is -0.349. The number of nitrogens with zero attached hydrogens (tertiary/aromatic N) is 4. The standard InChI is InChI=1S/C16H14N6O4/c17-15(24)14(23)11(5-10-6-20-26-8-10)21-16(25)12-7-18-9-22(12)13-3-1-2-4-19-13/h1-4,6-9,11H,5H2,(H2,17,24)(H,21,25). The first-order chi connectivity index (χ1) is 12.6. The van der Waals surface area contributed by atoms with E-state index < -0.39 is 23.6 Å². The molecule has 1 unspecified atom stereocenters. The number of imidazole rings is 1. The van der Waals surface area contributed by atoms with Crippen LogP contribution in [0.1, 0.15) is 16.1 Å². The van der Waals surface area contributed by atoms with Gasteiger partial charge < -0.3 is 15.6 Å². The molecule has 3 rings (SSSR count). The summed E-state index contributed by atoms with van der Waals surface area (Å²) in [4.78, 5) is 44.0. The van der Waals surface area contributed by atoms with Crippen LogP contribution in [0.4, 0.5) is 0 Å². The first kappa shape index (κ1) is 17.0. The molecule has 3 aromatic rings. The number of nitrogens with two attached hydrogens (primary N) is 1. The van der Waals surface area contributed by atoms with Crippen molar-refractivity contribution >= 4 is 17.6 Å². The van der Waals surface area contributed by atoms with Gasteiger partial charge in [0, 0.05) is 18.2 Å². The second-order valence-corrected chi connectivity index (χ2v) is 5.33. The summed E-state index contributed by atoms with van der Waals surface area (Å²) in [5.41, 5.74) is 5.75. The van der Waals surface area contributed by atoms with Gasteiger partial charge in [-0.05, 0) is 12.1 Å². The Kier molecular flexibility index (Phi) is 4.83. The molecule has 0 spiro atoms. The minimum atomic E-state index is -1.16. The average Bonchev–Trinajstić information content (AvgIpc) is 3.32. The van der Waals surface area contributed by atoms with Gasteiger partial charge in [-0.25, -0.2) is 9.97 Å². The fourth-order valence-corrected chi connectivity index (χ4v) is 2.32. The summed E-state index contributed by atoms with van der Waals surface area (Å²) in [6.07, 6.45) is 7.02. The summed E-state index contributed by atoms with van der Waals surface area (Å²) in [5.74, 6) is -2.20. The number of Topliss-reactive ketones (excluding diaryl/α,β-unsaturated/α-hetero) is 1. The number of primary amides is 1. The zero-order valence-corrected chi connectivity index (χ0v) is 13.4. The van der Waals surface area contributed by atoms with Gasteiger partial charge in [0.05, 0.1) is 12.4 Å². The summed E-state index contributed by atoms with van der Waals surface area (Å²) in [5, 5.41) is 6.03. The van der Waals surface area contributed by atoms with Gasteiger partial charge in [0.15, 0.2) is 0 Å². The quantitative estimate of drug-likeness (QED) is 0.551. The minimum Gasteiger partial charge on any atom is -0.364 e. The van der Waals surface area contributed by atoms with Crippen LogP contribution in [0.5, 0.6) is 0 Å². The highest BCUT2D eigenvalue weighted by atomic mass is 16.5. The molecule has 0 aliphatic carbocycles. The number of rotatable bonds is 7. The summed E-state index contributed by atoms with van der Waals surface area (Å²) >= 11 is 0. The Morgan fingerprint density at radius 2 is 2.12 bits per heavy atom. The fourth-order valence-electron chi connectivity index (χ4n) is 2.32. The highest BCUT2D eigenvalue weighted by molar-refractivity contribution is 6.38. The molecule has 0 aliphatic rings. The second kappa shape index (κ2) is 7.38. The van der Waals surface area contributed by atoms with E-state index >= 15 is 0 Å². The molecular formula is C16H14N6O4. The van der Waals surface area contributed by atoms with Crippen LogP contribution in [-0.4, -0.2) is 43.3 Å². The maximum atomic E-state index is 12.6. The largest absolute Gasteiger partial charge is 0.364 e. The van der Waals surface area contributed by atoms with Crippen LogP contribution >= 0.6 is 0 Å². The van der Waals surface area contributed by atoms with Crippen LogP contribution in [0.2, 0.25) is 0 Å². The second-order valence-electron chi connectivity index (χ2n) is 5.33. The van der Waals surface area contributed by atoms with E-state index in [9.17, 15) is 14.4 Å². The van der Waals surface area contributed by atoms with E-state index in [0.29, 0.717) is 11.4 Å². The first-order valence-electron chi connectivity index (χ1n) is 7.52. The third-order valence-corrected chi connectivity index (χ3v) is 3.56. The Bertz CT molecular complexity index is 919. The van der Waals surface area contributed by atoms with Crippen LogP contribution in [0, 0.1) is 0 Å². The van der Waals surface area contributed by atoms with Gasteiger partial charge >= 0.3 is 0 Å². The predicted molar refractivity (Wildman–Crippen MR) is 87.0 cm³/mol. The van der Waals surface area contributed by atoms with Gasteiger partial charge in [0.2, 0.25) is 5.78 Å². The van der Waals surface area contributed by atoms with Crippen molar-refractivity contribution in [3.63, 3.8) is 0 Å². The number of hydrogen-bond donors (Lipinski definition) is 2. The van der Waals surface area contributed by atoms with E-state index in [-0.39, 0.29) is 12.1 Å². The van der Waals surface area contributed by atoms with Crippen molar-refractivity contribution in [1.82, 2.24) is 25.0 Å². The van der Waals surface area contributed by atoms with Gasteiger partial charge in [0.1, 0.15) is 30.1 Å². The van der Waals surface area contributed by atoms with Crippen molar-refractivity contribution < 1.29 is 18.9 Å². The van der Waals surface area contributed by atoms with Gasteiger partial charge in [0.25, 0.3) is 11.8 Å². The van der Waals surface area contributed by atoms with E-state index in [1.165, 1.54) is 29.6 Å². The number of aromatic nitrogens is 4. The number of pyridine rings is 1. The van der Waals surface area contributed by atoms with Crippen LogP contribution in [-0.2, 0) is 16.0 Å². The summed E-state index contributed by atoms with van der Waals surface area (Å²) in [6.45, 7) is 0. The molecule has 26 heavy (non-hydrogen) atoms. The molecular weight excluding hydrogens is 340 g/mol. The maximum absolute atomic E-state index is 12.6. The number of carbonyl (C=O) groups is 3. The zero-order chi connectivity index (χ0) is 18.5. The molecule has 2 amide bonds. The lowest BCUT2D eigenvalue weighted by atomic mass is 10.0. The fraction of sp³-hybridized carbons (Fsp3) is 0.125. The Morgan fingerprint density at radius 1 is 1.27 bits per heavy atom. The van der Waals surface area contributed by atoms with Gasteiger partial charge in [-0.2, -0.15) is 0 Å². The summed E-state index contributed by atoms with van der Waals surface area (Å²) < 4.78 is 6.16. The normalized spacial score (nSPS) is 11.7. The molecule has 3 N–H and O–H groups in total. The number of nitrogens with one attached hydrogen (secondary N) is 1. The van der Waals surface area contributed by atoms with Gasteiger partial charge in [-0.15, -0.1) is 0 Å². The van der Waals surface area contributed by atoms with Crippen molar-refractivity contribution in [2.45, 2.75) is 12.5 Å². The lowest BCUT2D eigenvalue weighted by Gasteiger charge is -2.15. The van der Waals surface area contributed by atoms with Crippen LogP contribution in [0.15, 0.2) is 53.9 Å². The Morgan fingerprint density at radius 3 is 2.77 bits per heavy atom. The molecule has 3 aromatic heterocycles. The third-order valence-electron chi connectivity index (χ3n) is 3.56. The van der Waals surface area contributed by atoms with Crippen LogP contribution < -0.4 is 11.1 Å². The maximum Gasteiger partial charge on any atom is 0.287 e. The Balaban J connectivity index is 1.83. The molecule has 10 nitrogen and oxygen atoms in total. The van der Waals surface area contributed by atoms with Crippen LogP contribution in [0.3, 0.4) is 0 Å². The first-order valence-corrected chi connectivity index (χ1v) is 7.52. The van der Waals surface area contributed by atoms with Crippen molar-refractivity contribution in [2.75, 3.05) is 0 Å². The van der Waals surface area contributed by atoms with E-state index in [1.54, 1.807) is 24.4 Å². The van der Waals surface area contributed by atoms with Crippen molar-refractivity contribution in [3.8, 4) is 5.82 Å². The van der Waals surface area contributed by atoms with Crippen molar-refractivity contribution in [3.05, 3.63) is 60.6 Å². The number of ketones is 1. The molecule has 3 heterocycles. The molecule has 10 heteroatoms. The van der Waals surface area contributed by atoms with E-state index in [1.807, 2.05) is 0 Å². The molecule has 0 saturated heterocycles. The summed E-state index contributed by atoms with van der Waals surface area (Å²) in [6, 6.07) is 4.03. The molecule has 0 aromatic carbocycles. The molecule has 0 fully saturated rings. The van der Waals surface area contributed by atoms with E-state index in [4.69, 9.17) is 10.3 Å². The lowest BCUT2D eigenvalue weighted by molar-refractivity contribution is -0.137. The minimum absolute atomic E-state index is 0.00867. The molecule has 1 atom stereocenters. The van der Waals surface area contributed by atoms with E-state index in [2.05, 4.69) is 20.4 Å². The van der Waals surface area contributed by atoms with E-state index in [0.717, 1.165) is 0 Å². The lowest BCUT2D eigenvalue weighted by Crippen LogP contribution is -2.47. The van der Waals surface area contributed by atoms with Gasteiger partial charge in [-0.3, -0.25) is 19.0 Å². The Labute approximate surface area is 147 Å². The monoisotopic (exact) mass is 354 g/mol. The van der Waals surface area contributed by atoms with Crippen molar-refractivity contribution in [2.24, 2.45) is 5.73 Å². The number of amides is 2. The topological polar surface area (TPSA) is 146 Å². The molecule has 0 radical (unpaired) electrons. The smallest absolute Gasteiger partial charge is 0.287 e. The molecule has 0 aliphatic heterocycles. The number of carbonyl (C=O) groups excluding carboxylic acids is 3. The van der Waals surface area contributed by atoms with Crippen molar-refractivity contribution in [1.29, 1.82) is 0 Å². The Hall–Kier alpha value is -3.82. The summed E-state index contributed by atoms with van der Waals surface area (Å²) in [7, 11) is 0. The zero-order valence-electron chi connectivity index (χ0n) is 13.4. The van der Waals surface area contributed by atoms with Gasteiger partial charge in [-0.1, -0.05) is 11.2 Å².